The van der Waals surface area contributed by atoms with Crippen LogP contribution in [-0.2, 0) is 4.74 Å². The summed E-state index contributed by atoms with van der Waals surface area (Å²) < 4.78 is 17.6. The molecule has 0 unspecified atom stereocenters. The smallest absolute Gasteiger partial charge is 0.339 e. The van der Waals surface area contributed by atoms with Gasteiger partial charge in [0.25, 0.3) is 0 Å². The molecule has 1 heterocycles. The van der Waals surface area contributed by atoms with Crippen molar-refractivity contribution >= 4 is 48.6 Å². The molecule has 3 aromatic carbocycles. The van der Waals surface area contributed by atoms with E-state index >= 15 is 0 Å². The lowest BCUT2D eigenvalue weighted by Gasteiger charge is -2.22. The van der Waals surface area contributed by atoms with Crippen molar-refractivity contribution in [3.05, 3.63) is 70.2 Å². The second-order valence-corrected chi connectivity index (χ2v) is 8.56. The highest BCUT2D eigenvalue weighted by molar-refractivity contribution is 9.10. The van der Waals surface area contributed by atoms with Gasteiger partial charge in [-0.1, -0.05) is 68.3 Å². The number of carbonyl (C=O) groups excluding carboxylic acids is 1. The van der Waals surface area contributed by atoms with Gasteiger partial charge in [-0.2, -0.15) is 0 Å². The summed E-state index contributed by atoms with van der Waals surface area (Å²) in [6.45, 7) is 2.13. The first-order valence-electron chi connectivity index (χ1n) is 8.46. The maximum atomic E-state index is 13.0. The van der Waals surface area contributed by atoms with Crippen molar-refractivity contribution in [1.29, 1.82) is 0 Å². The molecule has 0 aliphatic carbocycles. The van der Waals surface area contributed by atoms with Gasteiger partial charge in [-0.25, -0.2) is 4.79 Å². The Morgan fingerprint density at radius 2 is 1.78 bits per heavy atom. The normalized spacial score (nSPS) is 14.8. The number of alkyl halides is 1. The number of fused-ring (bicyclic) bond motifs is 2. The van der Waals surface area contributed by atoms with Gasteiger partial charge in [-0.15, -0.1) is 0 Å². The van der Waals surface area contributed by atoms with Crippen molar-refractivity contribution in [3.63, 3.8) is 0 Å². The standard InChI is InChI=1S/C21H16Br2O4/c1-12(22)20(16-9-18-19(10-17(16)23)26-11-25-18)27-21(24)15-8-4-6-13-5-2-3-7-14(13)15/h2-10,12,20H,11H2,1H3/t12-,20-/m1/s1. The lowest BCUT2D eigenvalue weighted by Crippen LogP contribution is -2.18. The molecule has 0 aromatic heterocycles. The van der Waals surface area contributed by atoms with Gasteiger partial charge in [0.15, 0.2) is 11.5 Å². The summed E-state index contributed by atoms with van der Waals surface area (Å²) in [7, 11) is 0. The SMILES string of the molecule is C[C@@H](Br)[C@@H](OC(=O)c1cccc2ccccc12)c1cc2c(cc1Br)OCO2. The van der Waals surface area contributed by atoms with E-state index < -0.39 is 6.10 Å². The van der Waals surface area contributed by atoms with Crippen LogP contribution >= 0.6 is 31.9 Å². The van der Waals surface area contributed by atoms with Crippen LogP contribution in [0.1, 0.15) is 28.9 Å². The van der Waals surface area contributed by atoms with Crippen LogP contribution in [0.5, 0.6) is 11.5 Å². The largest absolute Gasteiger partial charge is 0.454 e. The molecular formula is C21H16Br2O4. The van der Waals surface area contributed by atoms with Crippen molar-refractivity contribution in [2.75, 3.05) is 6.79 Å². The molecule has 27 heavy (non-hydrogen) atoms. The molecule has 3 aromatic rings. The molecule has 1 aliphatic rings. The van der Waals surface area contributed by atoms with E-state index in [1.54, 1.807) is 6.07 Å². The molecule has 0 fully saturated rings. The third-order valence-corrected chi connectivity index (χ3v) is 5.63. The lowest BCUT2D eigenvalue weighted by atomic mass is 10.0. The van der Waals surface area contributed by atoms with Gasteiger partial charge in [0.1, 0.15) is 6.10 Å². The molecule has 0 N–H and O–H groups in total. The molecule has 0 bridgehead atoms. The van der Waals surface area contributed by atoms with Crippen molar-refractivity contribution < 1.29 is 19.0 Å². The first-order chi connectivity index (χ1) is 13.0. The van der Waals surface area contributed by atoms with Gasteiger partial charge in [0.2, 0.25) is 6.79 Å². The van der Waals surface area contributed by atoms with Gasteiger partial charge in [0, 0.05) is 10.0 Å². The van der Waals surface area contributed by atoms with Crippen LogP contribution in [0.2, 0.25) is 0 Å². The average Bonchev–Trinajstić information content (AvgIpc) is 3.12. The van der Waals surface area contributed by atoms with E-state index in [-0.39, 0.29) is 17.6 Å². The highest BCUT2D eigenvalue weighted by atomic mass is 79.9. The Balaban J connectivity index is 1.69. The topological polar surface area (TPSA) is 44.8 Å². The molecule has 138 valence electrons. The highest BCUT2D eigenvalue weighted by Crippen LogP contribution is 2.42. The Morgan fingerprint density at radius 1 is 1.07 bits per heavy atom. The summed E-state index contributed by atoms with van der Waals surface area (Å²) in [4.78, 5) is 12.9. The van der Waals surface area contributed by atoms with E-state index in [4.69, 9.17) is 14.2 Å². The van der Waals surface area contributed by atoms with E-state index in [9.17, 15) is 4.79 Å². The minimum Gasteiger partial charge on any atom is -0.454 e. The number of benzene rings is 3. The van der Waals surface area contributed by atoms with Crippen LogP contribution in [0.3, 0.4) is 0 Å². The number of hydrogen-bond donors (Lipinski definition) is 0. The molecule has 0 saturated heterocycles. The molecule has 0 amide bonds. The number of ether oxygens (including phenoxy) is 3. The predicted molar refractivity (Wildman–Crippen MR) is 111 cm³/mol. The number of carbonyl (C=O) groups is 1. The second kappa shape index (κ2) is 7.52. The van der Waals surface area contributed by atoms with Crippen LogP contribution < -0.4 is 9.47 Å². The zero-order chi connectivity index (χ0) is 19.0. The Bertz CT molecular complexity index is 1010. The quantitative estimate of drug-likeness (QED) is 0.331. The van der Waals surface area contributed by atoms with Crippen LogP contribution in [0.25, 0.3) is 10.8 Å². The lowest BCUT2D eigenvalue weighted by molar-refractivity contribution is 0.0305. The van der Waals surface area contributed by atoms with Crippen molar-refractivity contribution in [1.82, 2.24) is 0 Å². The second-order valence-electron chi connectivity index (χ2n) is 6.26. The third-order valence-electron chi connectivity index (χ3n) is 4.46. The van der Waals surface area contributed by atoms with Crippen molar-refractivity contribution in [2.45, 2.75) is 17.9 Å². The third kappa shape index (κ3) is 3.56. The number of rotatable bonds is 4. The Labute approximate surface area is 173 Å². The van der Waals surface area contributed by atoms with Gasteiger partial charge >= 0.3 is 5.97 Å². The first-order valence-corrected chi connectivity index (χ1v) is 10.2. The van der Waals surface area contributed by atoms with Crippen LogP contribution in [0.4, 0.5) is 0 Å². The molecule has 6 heteroatoms. The van der Waals surface area contributed by atoms with Crippen molar-refractivity contribution in [2.24, 2.45) is 0 Å². The monoisotopic (exact) mass is 490 g/mol. The molecule has 0 spiro atoms. The Kier molecular flexibility index (Phi) is 5.10. The van der Waals surface area contributed by atoms with E-state index in [1.807, 2.05) is 55.5 Å². The zero-order valence-electron chi connectivity index (χ0n) is 14.4. The van der Waals surface area contributed by atoms with Crippen LogP contribution in [0.15, 0.2) is 59.1 Å². The fraction of sp³-hybridized carbons (Fsp3) is 0.190. The summed E-state index contributed by atoms with van der Waals surface area (Å²) in [5.41, 5.74) is 1.36. The maximum absolute atomic E-state index is 13.0. The van der Waals surface area contributed by atoms with Crippen LogP contribution in [-0.4, -0.2) is 17.6 Å². The summed E-state index contributed by atoms with van der Waals surface area (Å²) in [5.74, 6) is 0.951. The van der Waals surface area contributed by atoms with E-state index in [2.05, 4.69) is 31.9 Å². The molecule has 2 atom stereocenters. The highest BCUT2D eigenvalue weighted by Gasteiger charge is 2.28. The average molecular weight is 492 g/mol. The Morgan fingerprint density at radius 3 is 2.56 bits per heavy atom. The fourth-order valence-electron chi connectivity index (χ4n) is 3.14. The van der Waals surface area contributed by atoms with Crippen molar-refractivity contribution in [3.8, 4) is 11.5 Å². The van der Waals surface area contributed by atoms with E-state index in [0.717, 1.165) is 20.8 Å². The van der Waals surface area contributed by atoms with Gasteiger partial charge in [-0.05, 0) is 35.9 Å². The minimum atomic E-state index is -0.500. The molecule has 4 nitrogen and oxygen atoms in total. The summed E-state index contributed by atoms with van der Waals surface area (Å²) in [6, 6.07) is 17.1. The van der Waals surface area contributed by atoms with Gasteiger partial charge in [-0.3, -0.25) is 0 Å². The molecule has 1 aliphatic heterocycles. The van der Waals surface area contributed by atoms with Crippen LogP contribution in [0, 0.1) is 0 Å². The number of halogens is 2. The predicted octanol–water partition coefficient (Wildman–Crippen LogP) is 6.01. The molecular weight excluding hydrogens is 476 g/mol. The Hall–Kier alpha value is -2.05. The molecule has 0 radical (unpaired) electrons. The molecule has 0 saturated carbocycles. The van der Waals surface area contributed by atoms with E-state index in [1.165, 1.54) is 0 Å². The summed E-state index contributed by atoms with van der Waals surface area (Å²) >= 11 is 7.13. The maximum Gasteiger partial charge on any atom is 0.339 e. The minimum absolute atomic E-state index is 0.104. The first kappa shape index (κ1) is 18.3. The number of esters is 1. The fourth-order valence-corrected chi connectivity index (χ4v) is 4.08. The van der Waals surface area contributed by atoms with Gasteiger partial charge in [0.05, 0.1) is 10.4 Å². The summed E-state index contributed by atoms with van der Waals surface area (Å²) in [6.07, 6.45) is -0.500. The number of hydrogen-bond acceptors (Lipinski definition) is 4. The zero-order valence-corrected chi connectivity index (χ0v) is 17.6. The molecule has 4 rings (SSSR count). The summed E-state index contributed by atoms with van der Waals surface area (Å²) in [5, 5.41) is 1.87. The van der Waals surface area contributed by atoms with Gasteiger partial charge < -0.3 is 14.2 Å². The van der Waals surface area contributed by atoms with E-state index in [0.29, 0.717) is 17.1 Å².